The van der Waals surface area contributed by atoms with Crippen LogP contribution in [0.5, 0.6) is 0 Å². The molecule has 7 nitrogen and oxygen atoms in total. The second kappa shape index (κ2) is 11.2. The van der Waals surface area contributed by atoms with Crippen molar-refractivity contribution in [2.75, 3.05) is 49.5 Å². The zero-order valence-electron chi connectivity index (χ0n) is 20.9. The summed E-state index contributed by atoms with van der Waals surface area (Å²) in [6.07, 6.45) is 8.02. The van der Waals surface area contributed by atoms with E-state index in [9.17, 15) is 9.59 Å². The lowest BCUT2D eigenvalue weighted by Gasteiger charge is -2.33. The zero-order chi connectivity index (χ0) is 24.1. The molecule has 1 aromatic carbocycles. The average Bonchev–Trinajstić information content (AvgIpc) is 3.16. The van der Waals surface area contributed by atoms with E-state index in [0.717, 1.165) is 50.6 Å². The largest absolute Gasteiger partial charge is 0.345 e. The molecule has 4 rings (SSSR count). The maximum absolute atomic E-state index is 13.6. The minimum Gasteiger partial charge on any atom is -0.345 e. The molecule has 0 radical (unpaired) electrons. The molecular weight excluding hydrogens is 426 g/mol. The summed E-state index contributed by atoms with van der Waals surface area (Å²) in [5.41, 5.74) is 2.56. The molecule has 2 aromatic rings. The van der Waals surface area contributed by atoms with Gasteiger partial charge in [-0.25, -0.2) is 0 Å². The van der Waals surface area contributed by atoms with Crippen LogP contribution in [0.25, 0.3) is 0 Å². The molecule has 1 fully saturated rings. The number of nitrogens with zero attached hydrogens (tertiary/aromatic N) is 4. The number of aromatic nitrogens is 1. The van der Waals surface area contributed by atoms with Crippen LogP contribution in [0.3, 0.4) is 0 Å². The molecule has 7 heteroatoms. The summed E-state index contributed by atoms with van der Waals surface area (Å²) in [5.74, 6) is 0.589. The number of para-hydroxylation sites is 2. The molecule has 2 aliphatic heterocycles. The molecule has 0 bridgehead atoms. The molecule has 1 N–H and O–H groups in total. The third-order valence-electron chi connectivity index (χ3n) is 7.45. The number of anilines is 3. The van der Waals surface area contributed by atoms with Gasteiger partial charge in [-0.1, -0.05) is 38.8 Å². The normalized spacial score (nSPS) is 16.8. The number of hydrogen-bond acceptors (Lipinski definition) is 4. The van der Waals surface area contributed by atoms with Gasteiger partial charge < -0.3 is 14.8 Å². The number of unbranched alkanes of at least 4 members (excludes halogenated alkanes) is 1. The van der Waals surface area contributed by atoms with E-state index in [4.69, 9.17) is 0 Å². The Morgan fingerprint density at radius 1 is 1.06 bits per heavy atom. The number of piperidine rings is 1. The predicted octanol–water partition coefficient (Wildman–Crippen LogP) is 4.48. The number of carbonyl (C=O) groups excluding carboxylic acids is 2. The number of benzene rings is 1. The van der Waals surface area contributed by atoms with Gasteiger partial charge in [-0.15, -0.1) is 0 Å². The summed E-state index contributed by atoms with van der Waals surface area (Å²) >= 11 is 0. The van der Waals surface area contributed by atoms with Crippen molar-refractivity contribution < 1.29 is 9.59 Å². The van der Waals surface area contributed by atoms with Gasteiger partial charge in [0.05, 0.1) is 23.6 Å². The summed E-state index contributed by atoms with van der Waals surface area (Å²) in [6, 6.07) is 9.40. The number of aryl methyl sites for hydroxylation is 1. The number of nitrogens with one attached hydrogen (secondary N) is 1. The molecule has 1 saturated heterocycles. The molecule has 2 aliphatic rings. The van der Waals surface area contributed by atoms with Crippen molar-refractivity contribution in [1.29, 1.82) is 0 Å². The Kier molecular flexibility index (Phi) is 8.06. The Morgan fingerprint density at radius 3 is 2.53 bits per heavy atom. The molecule has 34 heavy (non-hydrogen) atoms. The van der Waals surface area contributed by atoms with Gasteiger partial charge in [0.2, 0.25) is 5.91 Å². The van der Waals surface area contributed by atoms with Gasteiger partial charge in [0, 0.05) is 13.2 Å². The molecule has 2 amide bonds. The van der Waals surface area contributed by atoms with Crippen molar-refractivity contribution >= 4 is 28.9 Å². The fourth-order valence-corrected chi connectivity index (χ4v) is 5.33. The van der Waals surface area contributed by atoms with E-state index in [0.29, 0.717) is 23.6 Å². The molecule has 3 heterocycles. The quantitative estimate of drug-likeness (QED) is 0.555. The van der Waals surface area contributed by atoms with Crippen molar-refractivity contribution in [3.05, 3.63) is 42.2 Å². The summed E-state index contributed by atoms with van der Waals surface area (Å²) in [7, 11) is 1.84. The summed E-state index contributed by atoms with van der Waals surface area (Å²) in [5, 5.41) is 2.97. The summed E-state index contributed by atoms with van der Waals surface area (Å²) in [6.45, 7) is 10.2. The second-order valence-corrected chi connectivity index (χ2v) is 9.60. The molecule has 184 valence electrons. The van der Waals surface area contributed by atoms with Gasteiger partial charge in [0.1, 0.15) is 5.69 Å². The number of hydrogen-bond donors (Lipinski definition) is 1. The summed E-state index contributed by atoms with van der Waals surface area (Å²) in [4.78, 5) is 32.9. The van der Waals surface area contributed by atoms with Crippen LogP contribution in [0.2, 0.25) is 0 Å². The Hall–Kier alpha value is -2.64. The Balaban J connectivity index is 1.36. The van der Waals surface area contributed by atoms with Crippen molar-refractivity contribution in [3.63, 3.8) is 0 Å². The van der Waals surface area contributed by atoms with Crippen LogP contribution in [0, 0.1) is 5.92 Å². The average molecular weight is 466 g/mol. The van der Waals surface area contributed by atoms with Crippen LogP contribution >= 0.6 is 0 Å². The van der Waals surface area contributed by atoms with Gasteiger partial charge in [-0.2, -0.15) is 0 Å². The maximum Gasteiger partial charge on any atom is 0.274 e. The van der Waals surface area contributed by atoms with Crippen LogP contribution < -0.4 is 10.2 Å². The standard InChI is InChI=1S/C27H39N5O2/c1-4-30(5-2)16-9-8-10-21-13-18-31(19-14-21)20-25(33)32-23-12-7-6-11-22(23)28-27(34)26-24(32)15-17-29(26)3/h6-7,11-12,15,17,21H,4-5,8-10,13-14,16,18-20H2,1-3H3,(H,28,34). The second-order valence-electron chi connectivity index (χ2n) is 9.60. The van der Waals surface area contributed by atoms with Crippen LogP contribution in [0.15, 0.2) is 36.5 Å². The van der Waals surface area contributed by atoms with E-state index in [1.807, 2.05) is 43.6 Å². The Bertz CT molecular complexity index is 989. The van der Waals surface area contributed by atoms with Crippen molar-refractivity contribution in [2.45, 2.75) is 46.0 Å². The third-order valence-corrected chi connectivity index (χ3v) is 7.45. The van der Waals surface area contributed by atoms with E-state index >= 15 is 0 Å². The predicted molar refractivity (Wildman–Crippen MR) is 138 cm³/mol. The minimum absolute atomic E-state index is 0.00840. The highest BCUT2D eigenvalue weighted by Gasteiger charge is 2.32. The van der Waals surface area contributed by atoms with Gasteiger partial charge in [0.15, 0.2) is 0 Å². The molecule has 1 aromatic heterocycles. The van der Waals surface area contributed by atoms with Crippen LogP contribution in [0.1, 0.15) is 56.4 Å². The number of rotatable bonds is 9. The highest BCUT2D eigenvalue weighted by Crippen LogP contribution is 2.38. The number of carbonyl (C=O) groups is 2. The van der Waals surface area contributed by atoms with E-state index in [2.05, 4.69) is 29.0 Å². The van der Waals surface area contributed by atoms with Crippen LogP contribution in [-0.4, -0.2) is 65.4 Å². The maximum atomic E-state index is 13.6. The van der Waals surface area contributed by atoms with Crippen molar-refractivity contribution in [3.8, 4) is 0 Å². The molecule has 0 aliphatic carbocycles. The Morgan fingerprint density at radius 2 is 1.79 bits per heavy atom. The number of amides is 2. The van der Waals surface area contributed by atoms with Gasteiger partial charge in [-0.3, -0.25) is 19.4 Å². The number of likely N-dealkylation sites (tertiary alicyclic amines) is 1. The summed E-state index contributed by atoms with van der Waals surface area (Å²) < 4.78 is 1.78. The van der Waals surface area contributed by atoms with Gasteiger partial charge in [0.25, 0.3) is 5.91 Å². The molecule has 0 spiro atoms. The van der Waals surface area contributed by atoms with E-state index in [1.54, 1.807) is 9.47 Å². The fourth-order valence-electron chi connectivity index (χ4n) is 5.33. The lowest BCUT2D eigenvalue weighted by molar-refractivity contribution is -0.119. The minimum atomic E-state index is -0.188. The fraction of sp³-hybridized carbons (Fsp3) is 0.556. The lowest BCUT2D eigenvalue weighted by Crippen LogP contribution is -2.42. The molecule has 0 saturated carbocycles. The first-order valence-corrected chi connectivity index (χ1v) is 12.8. The first-order chi connectivity index (χ1) is 16.5. The molecule has 0 unspecified atom stereocenters. The smallest absolute Gasteiger partial charge is 0.274 e. The van der Waals surface area contributed by atoms with Gasteiger partial charge in [-0.05, 0) is 76.1 Å². The SMILES string of the molecule is CCN(CC)CCCCC1CCN(CC(=O)N2c3ccccc3NC(=O)c3c2ccn3C)CC1. The van der Waals surface area contributed by atoms with Crippen molar-refractivity contribution in [2.24, 2.45) is 13.0 Å². The lowest BCUT2D eigenvalue weighted by atomic mass is 9.91. The zero-order valence-corrected chi connectivity index (χ0v) is 20.9. The first-order valence-electron chi connectivity index (χ1n) is 12.8. The highest BCUT2D eigenvalue weighted by molar-refractivity contribution is 6.17. The van der Waals surface area contributed by atoms with Crippen molar-refractivity contribution in [1.82, 2.24) is 14.4 Å². The monoisotopic (exact) mass is 465 g/mol. The Labute approximate surface area is 203 Å². The van der Waals surface area contributed by atoms with E-state index < -0.39 is 0 Å². The highest BCUT2D eigenvalue weighted by atomic mass is 16.2. The van der Waals surface area contributed by atoms with Gasteiger partial charge >= 0.3 is 0 Å². The number of fused-ring (bicyclic) bond motifs is 2. The topological polar surface area (TPSA) is 60.8 Å². The molecular formula is C27H39N5O2. The van der Waals surface area contributed by atoms with E-state index in [1.165, 1.54) is 25.8 Å². The first kappa shape index (κ1) is 24.5. The molecule has 0 atom stereocenters. The third kappa shape index (κ3) is 5.36. The van der Waals surface area contributed by atoms with Crippen LogP contribution in [-0.2, 0) is 11.8 Å². The van der Waals surface area contributed by atoms with Crippen LogP contribution in [0.4, 0.5) is 17.1 Å². The van der Waals surface area contributed by atoms with E-state index in [-0.39, 0.29) is 11.8 Å².